The maximum Gasteiger partial charge on any atom is 0.0604 e. The summed E-state index contributed by atoms with van der Waals surface area (Å²) in [7, 11) is 0. The second-order valence-electron chi connectivity index (χ2n) is 6.09. The summed E-state index contributed by atoms with van der Waals surface area (Å²) in [6, 6.07) is 0. The lowest BCUT2D eigenvalue weighted by atomic mass is 9.49. The first-order valence-electron chi connectivity index (χ1n) is 6.34. The molecule has 2 rings (SSSR count). The lowest BCUT2D eigenvalue weighted by molar-refractivity contribution is -0.130. The molecule has 1 fully saturated rings. The Bertz CT molecular complexity index is 267. The Morgan fingerprint density at radius 1 is 1.20 bits per heavy atom. The maximum absolute atomic E-state index is 10.4. The van der Waals surface area contributed by atoms with Crippen LogP contribution in [-0.2, 0) is 0 Å². The average molecular weight is 208 g/mol. The fourth-order valence-corrected chi connectivity index (χ4v) is 3.71. The van der Waals surface area contributed by atoms with E-state index in [1.165, 1.54) is 12.8 Å². The molecule has 1 nitrogen and oxygen atoms in total. The number of hydrogen-bond acceptors (Lipinski definition) is 1. The van der Waals surface area contributed by atoms with E-state index in [9.17, 15) is 5.11 Å². The van der Waals surface area contributed by atoms with Gasteiger partial charge in [-0.15, -0.1) is 0 Å². The molecule has 0 bridgehead atoms. The molecular formula is C14H24O. The van der Waals surface area contributed by atoms with E-state index in [1.807, 2.05) is 0 Å². The molecule has 86 valence electrons. The molecule has 0 aromatic rings. The largest absolute Gasteiger partial charge is 0.393 e. The molecule has 2 aliphatic rings. The summed E-state index contributed by atoms with van der Waals surface area (Å²) in [6.45, 7) is 7.07. The Balaban J connectivity index is 2.35. The van der Waals surface area contributed by atoms with Crippen molar-refractivity contribution in [2.45, 2.75) is 59.0 Å². The molecule has 0 aromatic carbocycles. The summed E-state index contributed by atoms with van der Waals surface area (Å²) in [6.07, 6.45) is 10.0. The molecule has 0 saturated heterocycles. The molecule has 3 unspecified atom stereocenters. The van der Waals surface area contributed by atoms with Crippen LogP contribution in [-0.4, -0.2) is 11.2 Å². The Morgan fingerprint density at radius 2 is 1.93 bits per heavy atom. The standard InChI is InChI=1S/C14H24O/c1-11-7-8-12(15)14(13(11,2)3)9-5-4-6-10-14/h4-5,11-12,15H,6-10H2,1-3H3. The molecule has 0 heterocycles. The van der Waals surface area contributed by atoms with Crippen LogP contribution in [0.3, 0.4) is 0 Å². The van der Waals surface area contributed by atoms with Gasteiger partial charge in [-0.05, 0) is 43.4 Å². The molecule has 3 atom stereocenters. The first kappa shape index (κ1) is 11.2. The fourth-order valence-electron chi connectivity index (χ4n) is 3.71. The highest BCUT2D eigenvalue weighted by Crippen LogP contribution is 2.58. The monoisotopic (exact) mass is 208 g/mol. The highest BCUT2D eigenvalue weighted by Gasteiger charge is 2.54. The highest BCUT2D eigenvalue weighted by molar-refractivity contribution is 5.10. The van der Waals surface area contributed by atoms with E-state index in [-0.39, 0.29) is 16.9 Å². The molecule has 1 saturated carbocycles. The van der Waals surface area contributed by atoms with E-state index >= 15 is 0 Å². The molecule has 15 heavy (non-hydrogen) atoms. The Kier molecular flexibility index (Phi) is 2.70. The maximum atomic E-state index is 10.4. The Morgan fingerprint density at radius 3 is 2.53 bits per heavy atom. The summed E-state index contributed by atoms with van der Waals surface area (Å²) in [5, 5.41) is 10.4. The van der Waals surface area contributed by atoms with Crippen molar-refractivity contribution in [3.05, 3.63) is 12.2 Å². The second kappa shape index (κ2) is 3.62. The first-order chi connectivity index (χ1) is 7.01. The molecule has 0 aliphatic heterocycles. The van der Waals surface area contributed by atoms with Gasteiger partial charge in [0.15, 0.2) is 0 Å². The van der Waals surface area contributed by atoms with Gasteiger partial charge in [-0.25, -0.2) is 0 Å². The van der Waals surface area contributed by atoms with Crippen LogP contribution in [0.1, 0.15) is 52.9 Å². The quantitative estimate of drug-likeness (QED) is 0.604. The zero-order chi connectivity index (χ0) is 11.1. The fraction of sp³-hybridized carbons (Fsp3) is 0.857. The first-order valence-corrected chi connectivity index (χ1v) is 6.34. The van der Waals surface area contributed by atoms with Crippen LogP contribution in [0.25, 0.3) is 0 Å². The van der Waals surface area contributed by atoms with Gasteiger partial charge in [0.1, 0.15) is 0 Å². The van der Waals surface area contributed by atoms with Crippen LogP contribution < -0.4 is 0 Å². The van der Waals surface area contributed by atoms with Gasteiger partial charge in [0.05, 0.1) is 6.10 Å². The van der Waals surface area contributed by atoms with Crippen LogP contribution in [0, 0.1) is 16.7 Å². The van der Waals surface area contributed by atoms with Gasteiger partial charge < -0.3 is 5.11 Å². The van der Waals surface area contributed by atoms with E-state index in [4.69, 9.17) is 0 Å². The normalized spacial score (nSPS) is 44.5. The van der Waals surface area contributed by atoms with Gasteiger partial charge in [-0.3, -0.25) is 0 Å². The third-order valence-electron chi connectivity index (χ3n) is 5.43. The number of aliphatic hydroxyl groups excluding tert-OH is 1. The van der Waals surface area contributed by atoms with E-state index in [1.54, 1.807) is 0 Å². The van der Waals surface area contributed by atoms with Gasteiger partial charge in [0.25, 0.3) is 0 Å². The molecular weight excluding hydrogens is 184 g/mol. The van der Waals surface area contributed by atoms with Crippen molar-refractivity contribution in [3.63, 3.8) is 0 Å². The minimum atomic E-state index is -0.0892. The highest BCUT2D eigenvalue weighted by atomic mass is 16.3. The number of hydrogen-bond donors (Lipinski definition) is 1. The predicted molar refractivity (Wildman–Crippen MR) is 63.6 cm³/mol. The van der Waals surface area contributed by atoms with Gasteiger partial charge in [-0.2, -0.15) is 0 Å². The van der Waals surface area contributed by atoms with Crippen molar-refractivity contribution >= 4 is 0 Å². The van der Waals surface area contributed by atoms with Crippen molar-refractivity contribution in [1.29, 1.82) is 0 Å². The van der Waals surface area contributed by atoms with Crippen LogP contribution >= 0.6 is 0 Å². The molecule has 1 N–H and O–H groups in total. The second-order valence-corrected chi connectivity index (χ2v) is 6.09. The SMILES string of the molecule is CC1CCC(O)C2(CC=CCC2)C1(C)C. The van der Waals surface area contributed by atoms with E-state index in [2.05, 4.69) is 32.9 Å². The van der Waals surface area contributed by atoms with Crippen molar-refractivity contribution < 1.29 is 5.11 Å². The molecule has 1 spiro atoms. The predicted octanol–water partition coefficient (Wildman–Crippen LogP) is 3.53. The molecule has 2 aliphatic carbocycles. The smallest absolute Gasteiger partial charge is 0.0604 e. The summed E-state index contributed by atoms with van der Waals surface area (Å²) in [4.78, 5) is 0. The topological polar surface area (TPSA) is 20.2 Å². The zero-order valence-corrected chi connectivity index (χ0v) is 10.3. The van der Waals surface area contributed by atoms with Crippen molar-refractivity contribution in [2.75, 3.05) is 0 Å². The average Bonchev–Trinajstić information content (AvgIpc) is 2.24. The third-order valence-corrected chi connectivity index (χ3v) is 5.43. The molecule has 0 aromatic heterocycles. The summed E-state index contributed by atoms with van der Waals surface area (Å²) < 4.78 is 0. The van der Waals surface area contributed by atoms with E-state index in [0.717, 1.165) is 25.2 Å². The number of aliphatic hydroxyl groups is 1. The van der Waals surface area contributed by atoms with Crippen LogP contribution in [0.2, 0.25) is 0 Å². The molecule has 0 radical (unpaired) electrons. The summed E-state index contributed by atoms with van der Waals surface area (Å²) >= 11 is 0. The minimum absolute atomic E-state index is 0.0892. The zero-order valence-electron chi connectivity index (χ0n) is 10.3. The van der Waals surface area contributed by atoms with Gasteiger partial charge >= 0.3 is 0 Å². The van der Waals surface area contributed by atoms with Gasteiger partial charge in [0, 0.05) is 5.41 Å². The minimum Gasteiger partial charge on any atom is -0.393 e. The number of rotatable bonds is 0. The van der Waals surface area contributed by atoms with Crippen molar-refractivity contribution in [1.82, 2.24) is 0 Å². The van der Waals surface area contributed by atoms with Crippen LogP contribution in [0.15, 0.2) is 12.2 Å². The van der Waals surface area contributed by atoms with Crippen molar-refractivity contribution in [3.8, 4) is 0 Å². The van der Waals surface area contributed by atoms with E-state index < -0.39 is 0 Å². The lowest BCUT2D eigenvalue weighted by Gasteiger charge is -2.57. The Labute approximate surface area is 93.6 Å². The Hall–Kier alpha value is -0.300. The molecule has 1 heteroatoms. The molecule has 0 amide bonds. The third kappa shape index (κ3) is 1.47. The van der Waals surface area contributed by atoms with Crippen molar-refractivity contribution in [2.24, 2.45) is 16.7 Å². The number of allylic oxidation sites excluding steroid dienone is 2. The van der Waals surface area contributed by atoms with Crippen LogP contribution in [0.5, 0.6) is 0 Å². The van der Waals surface area contributed by atoms with Gasteiger partial charge in [0.2, 0.25) is 0 Å². The van der Waals surface area contributed by atoms with Gasteiger partial charge in [-0.1, -0.05) is 32.9 Å². The summed E-state index contributed by atoms with van der Waals surface area (Å²) in [5.41, 5.74) is 0.425. The lowest BCUT2D eigenvalue weighted by Crippen LogP contribution is -2.54. The van der Waals surface area contributed by atoms with Crippen LogP contribution in [0.4, 0.5) is 0 Å². The van der Waals surface area contributed by atoms with E-state index in [0.29, 0.717) is 0 Å². The summed E-state index contributed by atoms with van der Waals surface area (Å²) in [5.74, 6) is 0.729.